The maximum atomic E-state index is 5.83. The van der Waals surface area contributed by atoms with Crippen molar-refractivity contribution in [3.8, 4) is 0 Å². The zero-order valence-corrected chi connectivity index (χ0v) is 12.2. The fraction of sp³-hybridized carbons (Fsp3) is 0.647. The predicted octanol–water partition coefficient (Wildman–Crippen LogP) is 3.96. The van der Waals surface area contributed by atoms with Gasteiger partial charge in [0, 0.05) is 11.7 Å². The third-order valence-corrected chi connectivity index (χ3v) is 4.34. The molecule has 3 N–H and O–H groups in total. The van der Waals surface area contributed by atoms with Crippen molar-refractivity contribution in [3.05, 3.63) is 29.8 Å². The van der Waals surface area contributed by atoms with Crippen LogP contribution in [0.5, 0.6) is 0 Å². The molecule has 0 heterocycles. The smallest absolute Gasteiger partial charge is 0.0342 e. The lowest BCUT2D eigenvalue weighted by Crippen LogP contribution is -2.29. The van der Waals surface area contributed by atoms with Crippen molar-refractivity contribution in [1.82, 2.24) is 0 Å². The molecule has 0 aromatic heterocycles. The molecular weight excluding hydrogens is 232 g/mol. The molecule has 1 aromatic carbocycles. The van der Waals surface area contributed by atoms with Gasteiger partial charge in [0.15, 0.2) is 0 Å². The first-order valence-electron chi connectivity index (χ1n) is 7.89. The Labute approximate surface area is 117 Å². The number of aryl methyl sites for hydroxylation is 1. The molecule has 2 unspecified atom stereocenters. The summed E-state index contributed by atoms with van der Waals surface area (Å²) >= 11 is 0. The molecule has 0 bridgehead atoms. The van der Waals surface area contributed by atoms with Gasteiger partial charge in [0.25, 0.3) is 0 Å². The second kappa shape index (κ2) is 7.54. The Kier molecular flexibility index (Phi) is 5.71. The van der Waals surface area contributed by atoms with E-state index in [-0.39, 0.29) is 0 Å². The molecule has 0 radical (unpaired) electrons. The van der Waals surface area contributed by atoms with Crippen molar-refractivity contribution >= 4 is 5.69 Å². The third kappa shape index (κ3) is 4.24. The van der Waals surface area contributed by atoms with Crippen LogP contribution < -0.4 is 11.1 Å². The van der Waals surface area contributed by atoms with Crippen LogP contribution in [0.4, 0.5) is 5.69 Å². The maximum Gasteiger partial charge on any atom is 0.0342 e. The zero-order chi connectivity index (χ0) is 13.5. The van der Waals surface area contributed by atoms with Crippen LogP contribution in [-0.2, 0) is 6.42 Å². The molecular formula is C17H28N2. The van der Waals surface area contributed by atoms with Gasteiger partial charge >= 0.3 is 0 Å². The lowest BCUT2D eigenvalue weighted by molar-refractivity contribution is 0.516. The molecule has 1 aliphatic rings. The van der Waals surface area contributed by atoms with Crippen LogP contribution in [0.15, 0.2) is 24.3 Å². The molecule has 2 rings (SSSR count). The van der Waals surface area contributed by atoms with Gasteiger partial charge in [0.05, 0.1) is 0 Å². The van der Waals surface area contributed by atoms with E-state index in [2.05, 4.69) is 36.5 Å². The molecule has 0 spiro atoms. The van der Waals surface area contributed by atoms with Gasteiger partial charge in [0.1, 0.15) is 0 Å². The molecule has 0 amide bonds. The van der Waals surface area contributed by atoms with E-state index >= 15 is 0 Å². The van der Waals surface area contributed by atoms with Crippen LogP contribution in [0.1, 0.15) is 51.0 Å². The van der Waals surface area contributed by atoms with E-state index in [0.29, 0.717) is 12.0 Å². The number of nitrogens with two attached hydrogens (primary N) is 1. The molecule has 1 aromatic rings. The normalized spacial score (nSPS) is 22.6. The van der Waals surface area contributed by atoms with Gasteiger partial charge in [-0.2, -0.15) is 0 Å². The Hall–Kier alpha value is -1.02. The molecule has 1 aliphatic carbocycles. The molecule has 0 aliphatic heterocycles. The van der Waals surface area contributed by atoms with Crippen LogP contribution >= 0.6 is 0 Å². The van der Waals surface area contributed by atoms with Crippen molar-refractivity contribution in [3.63, 3.8) is 0 Å². The number of unbranched alkanes of at least 4 members (excludes halogenated alkanes) is 2. The average Bonchev–Trinajstić information content (AvgIpc) is 2.88. The van der Waals surface area contributed by atoms with Gasteiger partial charge in [-0.3, -0.25) is 0 Å². The Bertz CT molecular complexity index is 358. The molecule has 19 heavy (non-hydrogen) atoms. The van der Waals surface area contributed by atoms with Crippen LogP contribution in [0.3, 0.4) is 0 Å². The first-order chi connectivity index (χ1) is 9.33. The van der Waals surface area contributed by atoms with Crippen molar-refractivity contribution in [2.24, 2.45) is 11.7 Å². The first kappa shape index (κ1) is 14.4. The van der Waals surface area contributed by atoms with E-state index in [9.17, 15) is 0 Å². The molecule has 1 fully saturated rings. The van der Waals surface area contributed by atoms with E-state index in [1.807, 2.05) is 0 Å². The first-order valence-corrected chi connectivity index (χ1v) is 7.89. The summed E-state index contributed by atoms with van der Waals surface area (Å²) in [4.78, 5) is 0. The summed E-state index contributed by atoms with van der Waals surface area (Å²) in [7, 11) is 0. The predicted molar refractivity (Wildman–Crippen MR) is 83.5 cm³/mol. The van der Waals surface area contributed by atoms with Crippen molar-refractivity contribution in [2.45, 2.75) is 57.9 Å². The SMILES string of the molecule is CCCCCc1ccc(NC2CCCC2CN)cc1. The number of anilines is 1. The van der Waals surface area contributed by atoms with Gasteiger partial charge in [-0.15, -0.1) is 0 Å². The van der Waals surface area contributed by atoms with E-state index < -0.39 is 0 Å². The number of nitrogens with one attached hydrogen (secondary N) is 1. The largest absolute Gasteiger partial charge is 0.382 e. The van der Waals surface area contributed by atoms with Gasteiger partial charge < -0.3 is 11.1 Å². The highest BCUT2D eigenvalue weighted by Gasteiger charge is 2.25. The maximum absolute atomic E-state index is 5.83. The standard InChI is InChI=1S/C17H28N2/c1-2-3-4-6-14-9-11-16(12-10-14)19-17-8-5-7-15(17)13-18/h9-12,15,17,19H,2-8,13,18H2,1H3. The summed E-state index contributed by atoms with van der Waals surface area (Å²) in [5.74, 6) is 0.657. The Morgan fingerprint density at radius 3 is 2.63 bits per heavy atom. The quantitative estimate of drug-likeness (QED) is 0.728. The van der Waals surface area contributed by atoms with Gasteiger partial charge in [0.2, 0.25) is 0 Å². The summed E-state index contributed by atoms with van der Waals surface area (Å²) < 4.78 is 0. The second-order valence-corrected chi connectivity index (χ2v) is 5.83. The summed E-state index contributed by atoms with van der Waals surface area (Å²) in [5, 5.41) is 3.66. The molecule has 1 saturated carbocycles. The second-order valence-electron chi connectivity index (χ2n) is 5.83. The molecule has 106 valence electrons. The van der Waals surface area contributed by atoms with E-state index in [0.717, 1.165) is 6.54 Å². The summed E-state index contributed by atoms with van der Waals surface area (Å²) in [6, 6.07) is 9.57. The Balaban J connectivity index is 1.84. The van der Waals surface area contributed by atoms with Crippen molar-refractivity contribution < 1.29 is 0 Å². The van der Waals surface area contributed by atoms with Gasteiger partial charge in [-0.25, -0.2) is 0 Å². The summed E-state index contributed by atoms with van der Waals surface area (Å²) in [6.07, 6.45) is 9.00. The molecule has 2 atom stereocenters. The number of hydrogen-bond acceptors (Lipinski definition) is 2. The Morgan fingerprint density at radius 2 is 1.95 bits per heavy atom. The van der Waals surface area contributed by atoms with E-state index in [1.54, 1.807) is 0 Å². The van der Waals surface area contributed by atoms with Crippen LogP contribution in [-0.4, -0.2) is 12.6 Å². The summed E-state index contributed by atoms with van der Waals surface area (Å²) in [6.45, 7) is 3.06. The minimum absolute atomic E-state index is 0.580. The van der Waals surface area contributed by atoms with Crippen molar-refractivity contribution in [2.75, 3.05) is 11.9 Å². The minimum atomic E-state index is 0.580. The fourth-order valence-electron chi connectivity index (χ4n) is 3.07. The lowest BCUT2D eigenvalue weighted by Gasteiger charge is -2.20. The van der Waals surface area contributed by atoms with Crippen LogP contribution in [0.25, 0.3) is 0 Å². The van der Waals surface area contributed by atoms with E-state index in [1.165, 1.54) is 56.2 Å². The monoisotopic (exact) mass is 260 g/mol. The Morgan fingerprint density at radius 1 is 1.16 bits per heavy atom. The summed E-state index contributed by atoms with van der Waals surface area (Å²) in [5.41, 5.74) is 8.54. The minimum Gasteiger partial charge on any atom is -0.382 e. The lowest BCUT2D eigenvalue weighted by atomic mass is 10.0. The number of rotatable bonds is 7. The highest BCUT2D eigenvalue weighted by Crippen LogP contribution is 2.27. The van der Waals surface area contributed by atoms with Crippen LogP contribution in [0, 0.1) is 5.92 Å². The fourth-order valence-corrected chi connectivity index (χ4v) is 3.07. The number of hydrogen-bond donors (Lipinski definition) is 2. The van der Waals surface area contributed by atoms with Crippen molar-refractivity contribution in [1.29, 1.82) is 0 Å². The zero-order valence-electron chi connectivity index (χ0n) is 12.2. The highest BCUT2D eigenvalue weighted by molar-refractivity contribution is 5.45. The molecule has 2 nitrogen and oxygen atoms in total. The molecule has 2 heteroatoms. The van der Waals surface area contributed by atoms with Gasteiger partial charge in [-0.1, -0.05) is 38.3 Å². The average molecular weight is 260 g/mol. The number of benzene rings is 1. The van der Waals surface area contributed by atoms with Crippen LogP contribution in [0.2, 0.25) is 0 Å². The topological polar surface area (TPSA) is 38.0 Å². The van der Waals surface area contributed by atoms with Gasteiger partial charge in [-0.05, 0) is 55.8 Å². The van der Waals surface area contributed by atoms with E-state index in [4.69, 9.17) is 5.73 Å². The third-order valence-electron chi connectivity index (χ3n) is 4.34. The highest BCUT2D eigenvalue weighted by atomic mass is 14.9. The molecule has 0 saturated heterocycles.